The summed E-state index contributed by atoms with van der Waals surface area (Å²) in [5.41, 5.74) is 7.45. The summed E-state index contributed by atoms with van der Waals surface area (Å²) < 4.78 is 3.28. The van der Waals surface area contributed by atoms with Gasteiger partial charge in [-0.2, -0.15) is 0 Å². The van der Waals surface area contributed by atoms with E-state index in [4.69, 9.17) is 5.73 Å². The van der Waals surface area contributed by atoms with E-state index in [9.17, 15) is 9.59 Å². The van der Waals surface area contributed by atoms with E-state index in [1.54, 1.807) is 9.13 Å². The van der Waals surface area contributed by atoms with Crippen molar-refractivity contribution in [3.05, 3.63) is 34.7 Å². The van der Waals surface area contributed by atoms with Gasteiger partial charge in [0, 0.05) is 25.7 Å². The van der Waals surface area contributed by atoms with Gasteiger partial charge in [-0.05, 0) is 31.9 Å². The number of aryl methyl sites for hydroxylation is 1. The third kappa shape index (κ3) is 2.54. The number of fused-ring (bicyclic) bond motifs is 1. The molecular formula is C16H22N4O2. The number of imidazole rings is 1. The summed E-state index contributed by atoms with van der Waals surface area (Å²) in [4.78, 5) is 26.8. The average Bonchev–Trinajstić information content (AvgIpc) is 2.80. The molecule has 2 heterocycles. The van der Waals surface area contributed by atoms with E-state index in [1.807, 2.05) is 36.1 Å². The molecule has 0 bridgehead atoms. The van der Waals surface area contributed by atoms with Crippen molar-refractivity contribution in [3.8, 4) is 0 Å². The number of rotatable bonds is 3. The molecule has 1 saturated heterocycles. The van der Waals surface area contributed by atoms with Gasteiger partial charge in [-0.25, -0.2) is 4.79 Å². The van der Waals surface area contributed by atoms with Crippen molar-refractivity contribution in [1.29, 1.82) is 0 Å². The minimum atomic E-state index is -0.120. The molecule has 0 atom stereocenters. The number of nitrogens with zero attached hydrogens (tertiary/aromatic N) is 3. The molecule has 0 aliphatic carbocycles. The number of hydrogen-bond donors (Lipinski definition) is 1. The van der Waals surface area contributed by atoms with Gasteiger partial charge in [0.25, 0.3) is 0 Å². The molecule has 1 fully saturated rings. The SMILES string of the molecule is CCn1c(=O)n(CC(=O)N2CCC(N)CC2)c2ccccc21. The second kappa shape index (κ2) is 5.96. The van der Waals surface area contributed by atoms with Crippen LogP contribution in [0.25, 0.3) is 11.0 Å². The van der Waals surface area contributed by atoms with E-state index in [0.29, 0.717) is 19.6 Å². The highest BCUT2D eigenvalue weighted by Gasteiger charge is 2.22. The lowest BCUT2D eigenvalue weighted by Crippen LogP contribution is -2.44. The number of piperidine rings is 1. The van der Waals surface area contributed by atoms with Crippen LogP contribution < -0.4 is 11.4 Å². The molecule has 1 amide bonds. The highest BCUT2D eigenvalue weighted by molar-refractivity contribution is 5.81. The molecule has 0 spiro atoms. The third-order valence-corrected chi connectivity index (χ3v) is 4.43. The van der Waals surface area contributed by atoms with E-state index in [-0.39, 0.29) is 24.2 Å². The number of benzene rings is 1. The van der Waals surface area contributed by atoms with Crippen LogP contribution in [0, 0.1) is 0 Å². The van der Waals surface area contributed by atoms with Gasteiger partial charge in [-0.1, -0.05) is 12.1 Å². The lowest BCUT2D eigenvalue weighted by atomic mass is 10.1. The first-order chi connectivity index (χ1) is 10.6. The normalized spacial score (nSPS) is 16.4. The van der Waals surface area contributed by atoms with Crippen molar-refractivity contribution in [3.63, 3.8) is 0 Å². The lowest BCUT2D eigenvalue weighted by Gasteiger charge is -2.30. The Labute approximate surface area is 129 Å². The summed E-state index contributed by atoms with van der Waals surface area (Å²) in [5, 5.41) is 0. The molecule has 6 heteroatoms. The highest BCUT2D eigenvalue weighted by Crippen LogP contribution is 2.14. The summed E-state index contributed by atoms with van der Waals surface area (Å²) in [6, 6.07) is 7.80. The van der Waals surface area contributed by atoms with Crippen LogP contribution in [0.4, 0.5) is 0 Å². The Morgan fingerprint density at radius 1 is 1.18 bits per heavy atom. The van der Waals surface area contributed by atoms with Crippen LogP contribution in [-0.4, -0.2) is 39.1 Å². The second-order valence-electron chi connectivity index (χ2n) is 5.82. The Hall–Kier alpha value is -2.08. The van der Waals surface area contributed by atoms with Gasteiger partial charge in [0.2, 0.25) is 5.91 Å². The van der Waals surface area contributed by atoms with Crippen molar-refractivity contribution in [2.24, 2.45) is 5.73 Å². The Morgan fingerprint density at radius 3 is 2.36 bits per heavy atom. The number of likely N-dealkylation sites (tertiary alicyclic amines) is 1. The van der Waals surface area contributed by atoms with E-state index in [2.05, 4.69) is 0 Å². The number of aromatic nitrogens is 2. The maximum Gasteiger partial charge on any atom is 0.329 e. The molecule has 1 aromatic carbocycles. The van der Waals surface area contributed by atoms with Crippen molar-refractivity contribution in [2.45, 2.75) is 38.9 Å². The quantitative estimate of drug-likeness (QED) is 0.910. The van der Waals surface area contributed by atoms with Crippen LogP contribution in [-0.2, 0) is 17.9 Å². The van der Waals surface area contributed by atoms with Crippen LogP contribution in [0.15, 0.2) is 29.1 Å². The van der Waals surface area contributed by atoms with Crippen molar-refractivity contribution >= 4 is 16.9 Å². The van der Waals surface area contributed by atoms with Crippen LogP contribution in [0.5, 0.6) is 0 Å². The molecule has 1 aliphatic rings. The highest BCUT2D eigenvalue weighted by atomic mass is 16.2. The molecule has 0 unspecified atom stereocenters. The molecule has 0 radical (unpaired) electrons. The molecule has 1 aromatic heterocycles. The smallest absolute Gasteiger partial charge is 0.329 e. The number of carbonyl (C=O) groups excluding carboxylic acids is 1. The fourth-order valence-corrected chi connectivity index (χ4v) is 3.11. The number of para-hydroxylation sites is 2. The Balaban J connectivity index is 1.89. The van der Waals surface area contributed by atoms with Gasteiger partial charge in [0.15, 0.2) is 0 Å². The molecule has 2 N–H and O–H groups in total. The minimum Gasteiger partial charge on any atom is -0.341 e. The van der Waals surface area contributed by atoms with Gasteiger partial charge in [-0.3, -0.25) is 13.9 Å². The van der Waals surface area contributed by atoms with E-state index in [1.165, 1.54) is 0 Å². The predicted octanol–water partition coefficient (Wildman–Crippen LogP) is 0.773. The molecule has 3 rings (SSSR count). The largest absolute Gasteiger partial charge is 0.341 e. The standard InChI is InChI=1S/C16H22N4O2/c1-2-19-13-5-3-4-6-14(13)20(16(19)22)11-15(21)18-9-7-12(17)8-10-18/h3-6,12H,2,7-11,17H2,1H3. The molecule has 2 aromatic rings. The Morgan fingerprint density at radius 2 is 1.77 bits per heavy atom. The topological polar surface area (TPSA) is 73.3 Å². The predicted molar refractivity (Wildman–Crippen MR) is 85.7 cm³/mol. The van der Waals surface area contributed by atoms with Crippen LogP contribution >= 0.6 is 0 Å². The first-order valence-corrected chi connectivity index (χ1v) is 7.83. The number of amides is 1. The van der Waals surface area contributed by atoms with Gasteiger partial charge < -0.3 is 10.6 Å². The third-order valence-electron chi connectivity index (χ3n) is 4.43. The van der Waals surface area contributed by atoms with Crippen molar-refractivity contribution in [1.82, 2.24) is 14.0 Å². The zero-order valence-corrected chi connectivity index (χ0v) is 12.9. The summed E-state index contributed by atoms with van der Waals surface area (Å²) >= 11 is 0. The van der Waals surface area contributed by atoms with Gasteiger partial charge in [0.1, 0.15) is 6.54 Å². The average molecular weight is 302 g/mol. The second-order valence-corrected chi connectivity index (χ2v) is 5.82. The van der Waals surface area contributed by atoms with E-state index >= 15 is 0 Å². The first-order valence-electron chi connectivity index (χ1n) is 7.83. The summed E-state index contributed by atoms with van der Waals surface area (Å²) in [6.07, 6.45) is 1.66. The van der Waals surface area contributed by atoms with Gasteiger partial charge >= 0.3 is 5.69 Å². The molecule has 118 valence electrons. The van der Waals surface area contributed by atoms with E-state index in [0.717, 1.165) is 23.9 Å². The van der Waals surface area contributed by atoms with Crippen LogP contribution in [0.2, 0.25) is 0 Å². The number of nitrogens with two attached hydrogens (primary N) is 1. The van der Waals surface area contributed by atoms with Crippen LogP contribution in [0.1, 0.15) is 19.8 Å². The molecule has 1 aliphatic heterocycles. The summed E-state index contributed by atoms with van der Waals surface area (Å²) in [7, 11) is 0. The van der Waals surface area contributed by atoms with Gasteiger partial charge in [-0.15, -0.1) is 0 Å². The number of hydrogen-bond acceptors (Lipinski definition) is 3. The molecule has 22 heavy (non-hydrogen) atoms. The minimum absolute atomic E-state index is 0.00648. The Kier molecular flexibility index (Phi) is 4.02. The summed E-state index contributed by atoms with van der Waals surface area (Å²) in [6.45, 7) is 4.00. The van der Waals surface area contributed by atoms with Crippen molar-refractivity contribution in [2.75, 3.05) is 13.1 Å². The zero-order chi connectivity index (χ0) is 15.7. The first kappa shape index (κ1) is 14.8. The maximum absolute atomic E-state index is 12.5. The molecule has 6 nitrogen and oxygen atoms in total. The molecular weight excluding hydrogens is 280 g/mol. The molecule has 0 saturated carbocycles. The fraction of sp³-hybridized carbons (Fsp3) is 0.500. The summed E-state index contributed by atoms with van der Waals surface area (Å²) in [5.74, 6) is -0.00648. The fourth-order valence-electron chi connectivity index (χ4n) is 3.11. The monoisotopic (exact) mass is 302 g/mol. The van der Waals surface area contributed by atoms with Crippen LogP contribution in [0.3, 0.4) is 0 Å². The van der Waals surface area contributed by atoms with E-state index < -0.39 is 0 Å². The van der Waals surface area contributed by atoms with Gasteiger partial charge in [0.05, 0.1) is 11.0 Å². The Bertz CT molecular complexity index is 738. The number of carbonyl (C=O) groups is 1. The van der Waals surface area contributed by atoms with Crippen molar-refractivity contribution < 1.29 is 4.79 Å². The maximum atomic E-state index is 12.5. The lowest BCUT2D eigenvalue weighted by molar-refractivity contribution is -0.132. The zero-order valence-electron chi connectivity index (χ0n) is 12.9.